The Morgan fingerprint density at radius 3 is 2.40 bits per heavy atom. The first-order valence-electron chi connectivity index (χ1n) is 8.98. The van der Waals surface area contributed by atoms with Crippen LogP contribution in [0, 0.1) is 22.0 Å². The van der Waals surface area contributed by atoms with Gasteiger partial charge in [0, 0.05) is 17.3 Å². The van der Waals surface area contributed by atoms with Gasteiger partial charge < -0.3 is 15.2 Å². The summed E-state index contributed by atoms with van der Waals surface area (Å²) in [5, 5.41) is 26.8. The average molecular weight is 414 g/mol. The molecule has 2 amide bonds. The minimum Gasteiger partial charge on any atom is -0.502 e. The maximum Gasteiger partial charge on any atom is 0.311 e. The molecular formula is C20H22N4O6. The largest absolute Gasteiger partial charge is 0.502 e. The fourth-order valence-corrected chi connectivity index (χ4v) is 2.63. The number of amides is 2. The summed E-state index contributed by atoms with van der Waals surface area (Å²) in [6.07, 6.45) is 1.18. The number of aromatic hydroxyl groups is 1. The highest BCUT2D eigenvalue weighted by Gasteiger charge is 2.30. The minimum absolute atomic E-state index is 0.295. The van der Waals surface area contributed by atoms with Crippen molar-refractivity contribution in [2.75, 3.05) is 12.4 Å². The van der Waals surface area contributed by atoms with E-state index in [0.29, 0.717) is 17.0 Å². The lowest BCUT2D eigenvalue weighted by atomic mass is 9.94. The Labute approximate surface area is 172 Å². The van der Waals surface area contributed by atoms with Gasteiger partial charge in [0.1, 0.15) is 11.7 Å². The first-order valence-corrected chi connectivity index (χ1v) is 8.98. The third-order valence-electron chi connectivity index (χ3n) is 4.17. The molecule has 158 valence electrons. The Balaban J connectivity index is 2.06. The number of phenols is 1. The number of carbonyl (C=O) groups excluding carboxylic acids is 2. The van der Waals surface area contributed by atoms with Crippen molar-refractivity contribution in [1.29, 1.82) is 0 Å². The number of nitro groups is 1. The molecule has 1 unspecified atom stereocenters. The van der Waals surface area contributed by atoms with Gasteiger partial charge in [-0.3, -0.25) is 19.7 Å². The molecule has 0 aromatic heterocycles. The number of nitrogens with zero attached hydrogens (tertiary/aromatic N) is 2. The quantitative estimate of drug-likeness (QED) is 0.262. The van der Waals surface area contributed by atoms with Gasteiger partial charge in [-0.2, -0.15) is 5.10 Å². The molecule has 0 radical (unpaired) electrons. The van der Waals surface area contributed by atoms with Crippen molar-refractivity contribution in [2.24, 2.45) is 16.9 Å². The molecule has 0 fully saturated rings. The van der Waals surface area contributed by atoms with Crippen molar-refractivity contribution in [3.8, 4) is 11.5 Å². The Hall–Kier alpha value is -3.95. The molecule has 2 aromatic carbocycles. The van der Waals surface area contributed by atoms with Crippen LogP contribution in [-0.4, -0.2) is 35.2 Å². The van der Waals surface area contributed by atoms with E-state index in [1.165, 1.54) is 19.4 Å². The maximum atomic E-state index is 12.6. The second-order valence-electron chi connectivity index (χ2n) is 6.68. The fourth-order valence-electron chi connectivity index (χ4n) is 2.63. The van der Waals surface area contributed by atoms with Crippen LogP contribution < -0.4 is 15.5 Å². The summed E-state index contributed by atoms with van der Waals surface area (Å²) in [5.41, 5.74) is 2.60. The van der Waals surface area contributed by atoms with Crippen LogP contribution in [-0.2, 0) is 9.59 Å². The summed E-state index contributed by atoms with van der Waals surface area (Å²) in [5.74, 6) is -2.29. The molecule has 2 aromatic rings. The van der Waals surface area contributed by atoms with Gasteiger partial charge in [-0.25, -0.2) is 5.43 Å². The van der Waals surface area contributed by atoms with Crippen molar-refractivity contribution >= 4 is 29.4 Å². The summed E-state index contributed by atoms with van der Waals surface area (Å²) < 4.78 is 5.06. The number of phenolic OH excluding ortho intramolecular Hbond substituents is 1. The van der Waals surface area contributed by atoms with Crippen LogP contribution in [0.2, 0.25) is 0 Å². The number of hydrogen-bond donors (Lipinski definition) is 3. The van der Waals surface area contributed by atoms with Crippen LogP contribution in [0.15, 0.2) is 47.6 Å². The molecule has 1 atom stereocenters. The highest BCUT2D eigenvalue weighted by atomic mass is 16.6. The van der Waals surface area contributed by atoms with E-state index in [9.17, 15) is 24.8 Å². The van der Waals surface area contributed by atoms with Crippen molar-refractivity contribution in [2.45, 2.75) is 13.8 Å². The van der Waals surface area contributed by atoms with Crippen LogP contribution >= 0.6 is 0 Å². The van der Waals surface area contributed by atoms with Crippen LogP contribution in [0.5, 0.6) is 11.5 Å². The average Bonchev–Trinajstić information content (AvgIpc) is 2.69. The van der Waals surface area contributed by atoms with Gasteiger partial charge in [0.15, 0.2) is 5.75 Å². The number of rotatable bonds is 8. The molecule has 0 saturated carbocycles. The van der Waals surface area contributed by atoms with Crippen molar-refractivity contribution in [3.63, 3.8) is 0 Å². The SMILES string of the molecule is COc1ccc(NC(=O)C(C(=O)N/N=C/c2ccc(O)c([N+](=O)[O-])c2)C(C)C)cc1. The highest BCUT2D eigenvalue weighted by Crippen LogP contribution is 2.25. The number of hydrogen-bond acceptors (Lipinski definition) is 7. The third kappa shape index (κ3) is 5.77. The second-order valence-corrected chi connectivity index (χ2v) is 6.68. The third-order valence-corrected chi connectivity index (χ3v) is 4.17. The molecule has 2 rings (SSSR count). The summed E-state index contributed by atoms with van der Waals surface area (Å²) in [6, 6.07) is 10.3. The van der Waals surface area contributed by atoms with Crippen molar-refractivity contribution < 1.29 is 24.4 Å². The number of nitro benzene ring substituents is 1. The van der Waals surface area contributed by atoms with Crippen molar-refractivity contribution in [3.05, 3.63) is 58.1 Å². The zero-order chi connectivity index (χ0) is 22.3. The lowest BCUT2D eigenvalue weighted by Crippen LogP contribution is -2.39. The van der Waals surface area contributed by atoms with Gasteiger partial charge in [-0.1, -0.05) is 13.8 Å². The highest BCUT2D eigenvalue weighted by molar-refractivity contribution is 6.06. The van der Waals surface area contributed by atoms with Gasteiger partial charge in [0.2, 0.25) is 5.91 Å². The number of hydrazone groups is 1. The van der Waals surface area contributed by atoms with Gasteiger partial charge in [0.05, 0.1) is 18.2 Å². The molecule has 0 aliphatic rings. The molecule has 0 bridgehead atoms. The van der Waals surface area contributed by atoms with E-state index in [1.54, 1.807) is 38.1 Å². The molecule has 0 saturated heterocycles. The van der Waals surface area contributed by atoms with Gasteiger partial charge >= 0.3 is 5.69 Å². The molecule has 10 heteroatoms. The number of methoxy groups -OCH3 is 1. The normalized spacial score (nSPS) is 11.9. The second kappa shape index (κ2) is 10.0. The summed E-state index contributed by atoms with van der Waals surface area (Å²) >= 11 is 0. The molecular weight excluding hydrogens is 392 g/mol. The van der Waals surface area contributed by atoms with Crippen LogP contribution in [0.3, 0.4) is 0 Å². The number of carbonyl (C=O) groups is 2. The molecule has 10 nitrogen and oxygen atoms in total. The molecule has 3 N–H and O–H groups in total. The number of nitrogens with one attached hydrogen (secondary N) is 2. The first kappa shape index (κ1) is 22.3. The van der Waals surface area contributed by atoms with Gasteiger partial charge in [-0.05, 0) is 42.3 Å². The predicted molar refractivity (Wildman–Crippen MR) is 110 cm³/mol. The summed E-state index contributed by atoms with van der Waals surface area (Å²) in [7, 11) is 1.53. The number of benzene rings is 2. The van der Waals surface area contributed by atoms with E-state index >= 15 is 0 Å². The lowest BCUT2D eigenvalue weighted by Gasteiger charge is -2.18. The van der Waals surface area contributed by atoms with E-state index in [1.807, 2.05) is 0 Å². The van der Waals surface area contributed by atoms with E-state index < -0.39 is 34.1 Å². The Morgan fingerprint density at radius 2 is 1.83 bits per heavy atom. The van der Waals surface area contributed by atoms with E-state index in [-0.39, 0.29) is 5.92 Å². The Bertz CT molecular complexity index is 956. The van der Waals surface area contributed by atoms with E-state index in [4.69, 9.17) is 4.74 Å². The monoisotopic (exact) mass is 414 g/mol. The van der Waals surface area contributed by atoms with Gasteiger partial charge in [-0.15, -0.1) is 0 Å². The van der Waals surface area contributed by atoms with Crippen LogP contribution in [0.25, 0.3) is 0 Å². The fraction of sp³-hybridized carbons (Fsp3) is 0.250. The zero-order valence-corrected chi connectivity index (χ0v) is 16.7. The molecule has 0 aliphatic heterocycles. The lowest BCUT2D eigenvalue weighted by molar-refractivity contribution is -0.385. The standard InChI is InChI=1S/C20H22N4O6/c1-12(2)18(19(26)22-14-5-7-15(30-3)8-6-14)20(27)23-21-11-13-4-9-17(25)16(10-13)24(28)29/h4-12,18,25H,1-3H3,(H,22,26)(H,23,27)/b21-11+. The predicted octanol–water partition coefficient (Wildman–Crippen LogP) is 2.67. The number of ether oxygens (including phenoxy) is 1. The Kier molecular flexibility index (Phi) is 7.45. The van der Waals surface area contributed by atoms with Gasteiger partial charge in [0.25, 0.3) is 5.91 Å². The summed E-state index contributed by atoms with van der Waals surface area (Å²) in [4.78, 5) is 35.2. The molecule has 0 aliphatic carbocycles. The van der Waals surface area contributed by atoms with E-state index in [2.05, 4.69) is 15.8 Å². The van der Waals surface area contributed by atoms with Crippen LogP contribution in [0.1, 0.15) is 19.4 Å². The van der Waals surface area contributed by atoms with E-state index in [0.717, 1.165) is 12.1 Å². The first-order chi connectivity index (χ1) is 14.2. The molecule has 0 heterocycles. The number of anilines is 1. The Morgan fingerprint density at radius 1 is 1.17 bits per heavy atom. The topological polar surface area (TPSA) is 143 Å². The van der Waals surface area contributed by atoms with Crippen LogP contribution in [0.4, 0.5) is 11.4 Å². The molecule has 30 heavy (non-hydrogen) atoms. The molecule has 0 spiro atoms. The maximum absolute atomic E-state index is 12.6. The minimum atomic E-state index is -1.02. The zero-order valence-electron chi connectivity index (χ0n) is 16.7. The smallest absolute Gasteiger partial charge is 0.311 e. The summed E-state index contributed by atoms with van der Waals surface area (Å²) in [6.45, 7) is 3.45. The van der Waals surface area contributed by atoms with Crippen molar-refractivity contribution in [1.82, 2.24) is 5.43 Å².